The highest BCUT2D eigenvalue weighted by Crippen LogP contribution is 2.15. The summed E-state index contributed by atoms with van der Waals surface area (Å²) < 4.78 is 1.76. The van der Waals surface area contributed by atoms with Crippen LogP contribution in [0.3, 0.4) is 0 Å². The number of nitrogens with one attached hydrogen (secondary N) is 1. The highest BCUT2D eigenvalue weighted by molar-refractivity contribution is 7.15. The molecule has 0 bridgehead atoms. The molecule has 0 aliphatic rings. The monoisotopic (exact) mass is 325 g/mol. The van der Waals surface area contributed by atoms with Gasteiger partial charge in [-0.05, 0) is 24.6 Å². The Morgan fingerprint density at radius 1 is 1.30 bits per heavy atom. The van der Waals surface area contributed by atoms with Crippen molar-refractivity contribution in [2.24, 2.45) is 0 Å². The summed E-state index contributed by atoms with van der Waals surface area (Å²) in [5, 5.41) is 16.3. The van der Waals surface area contributed by atoms with Crippen molar-refractivity contribution in [3.05, 3.63) is 59.4 Å². The van der Waals surface area contributed by atoms with Gasteiger partial charge in [0.05, 0.1) is 11.9 Å². The summed E-state index contributed by atoms with van der Waals surface area (Å²) in [6, 6.07) is 9.79. The number of rotatable bonds is 5. The van der Waals surface area contributed by atoms with Gasteiger partial charge in [0, 0.05) is 17.8 Å². The zero-order valence-corrected chi connectivity index (χ0v) is 13.3. The molecule has 3 aromatic rings. The number of anilines is 1. The van der Waals surface area contributed by atoms with Gasteiger partial charge in [0.15, 0.2) is 0 Å². The van der Waals surface area contributed by atoms with Gasteiger partial charge in [-0.3, -0.25) is 10.1 Å². The normalized spacial score (nSPS) is 11.0. The first-order chi connectivity index (χ1) is 11.2. The zero-order chi connectivity index (χ0) is 16.1. The number of aryl methyl sites for hydroxylation is 1. The maximum Gasteiger partial charge on any atom is 0.250 e. The minimum atomic E-state index is -0.240. The number of benzene rings is 1. The topological polar surface area (TPSA) is 72.7 Å². The number of para-hydroxylation sites is 1. The maximum absolute atomic E-state index is 11.9. The Morgan fingerprint density at radius 3 is 2.87 bits per heavy atom. The molecule has 0 spiro atoms. The average Bonchev–Trinajstić information content (AvgIpc) is 3.23. The van der Waals surface area contributed by atoms with E-state index in [4.69, 9.17) is 0 Å². The molecule has 0 aliphatic heterocycles. The number of hydrogen-bond acceptors (Lipinski definition) is 5. The summed E-state index contributed by atoms with van der Waals surface area (Å²) in [5.41, 5.74) is 1.81. The molecule has 2 aromatic heterocycles. The van der Waals surface area contributed by atoms with Crippen molar-refractivity contribution in [2.45, 2.75) is 13.3 Å². The molecule has 2 heterocycles. The minimum Gasteiger partial charge on any atom is -0.297 e. The lowest BCUT2D eigenvalue weighted by Crippen LogP contribution is -2.07. The van der Waals surface area contributed by atoms with E-state index in [2.05, 4.69) is 20.6 Å². The molecule has 0 fully saturated rings. The summed E-state index contributed by atoms with van der Waals surface area (Å²) in [4.78, 5) is 11.9. The van der Waals surface area contributed by atoms with Gasteiger partial charge in [-0.1, -0.05) is 36.5 Å². The third-order valence-electron chi connectivity index (χ3n) is 3.05. The van der Waals surface area contributed by atoms with Crippen LogP contribution >= 0.6 is 11.3 Å². The number of amides is 1. The summed E-state index contributed by atoms with van der Waals surface area (Å²) in [5.74, 6) is -0.240. The van der Waals surface area contributed by atoms with E-state index >= 15 is 0 Å². The zero-order valence-electron chi connectivity index (χ0n) is 12.5. The Kier molecular flexibility index (Phi) is 4.58. The van der Waals surface area contributed by atoms with Gasteiger partial charge in [-0.25, -0.2) is 4.68 Å². The molecule has 1 N–H and O–H groups in total. The number of nitrogens with zero attached hydrogens (tertiary/aromatic N) is 4. The Morgan fingerprint density at radius 2 is 2.13 bits per heavy atom. The van der Waals surface area contributed by atoms with Crippen LogP contribution in [0.4, 0.5) is 5.13 Å². The summed E-state index contributed by atoms with van der Waals surface area (Å²) in [7, 11) is 0. The highest BCUT2D eigenvalue weighted by Gasteiger charge is 2.05. The van der Waals surface area contributed by atoms with Gasteiger partial charge >= 0.3 is 0 Å². The summed E-state index contributed by atoms with van der Waals surface area (Å²) >= 11 is 1.38. The fourth-order valence-corrected chi connectivity index (χ4v) is 2.59. The van der Waals surface area contributed by atoms with Crippen LogP contribution in [0.2, 0.25) is 0 Å². The van der Waals surface area contributed by atoms with Crippen LogP contribution in [-0.4, -0.2) is 25.9 Å². The van der Waals surface area contributed by atoms with Gasteiger partial charge in [0.1, 0.15) is 5.01 Å². The van der Waals surface area contributed by atoms with E-state index in [1.54, 1.807) is 17.0 Å². The predicted molar refractivity (Wildman–Crippen MR) is 90.5 cm³/mol. The molecule has 1 amide bonds. The van der Waals surface area contributed by atoms with Crippen LogP contribution in [0.15, 0.2) is 48.8 Å². The van der Waals surface area contributed by atoms with Gasteiger partial charge in [0.2, 0.25) is 11.0 Å². The van der Waals surface area contributed by atoms with Crippen molar-refractivity contribution in [1.82, 2.24) is 20.0 Å². The molecular weight excluding hydrogens is 310 g/mol. The minimum absolute atomic E-state index is 0.240. The molecule has 116 valence electrons. The average molecular weight is 325 g/mol. The Hall–Kier alpha value is -2.80. The number of carbonyl (C=O) groups is 1. The van der Waals surface area contributed by atoms with E-state index in [1.807, 2.05) is 43.5 Å². The van der Waals surface area contributed by atoms with Crippen molar-refractivity contribution in [3.8, 4) is 5.69 Å². The summed E-state index contributed by atoms with van der Waals surface area (Å²) in [6.45, 7) is 2.00. The van der Waals surface area contributed by atoms with E-state index in [1.165, 1.54) is 17.4 Å². The number of aromatic nitrogens is 4. The molecule has 6 nitrogen and oxygen atoms in total. The van der Waals surface area contributed by atoms with Gasteiger partial charge in [-0.2, -0.15) is 5.10 Å². The maximum atomic E-state index is 11.9. The molecule has 0 aliphatic carbocycles. The molecular formula is C16H15N5OS. The predicted octanol–water partition coefficient (Wildman–Crippen LogP) is 2.94. The quantitative estimate of drug-likeness (QED) is 0.732. The Bertz CT molecular complexity index is 822. The molecule has 0 radical (unpaired) electrons. The second-order valence-electron chi connectivity index (χ2n) is 4.73. The van der Waals surface area contributed by atoms with Crippen molar-refractivity contribution >= 4 is 28.5 Å². The van der Waals surface area contributed by atoms with E-state index in [0.29, 0.717) is 5.13 Å². The van der Waals surface area contributed by atoms with Crippen LogP contribution in [-0.2, 0) is 11.2 Å². The second kappa shape index (κ2) is 6.97. The SMILES string of the molecule is CCc1nnc(NC(=O)C=Cc2cnn(-c3ccccc3)c2)s1. The molecule has 7 heteroatoms. The third kappa shape index (κ3) is 3.89. The molecule has 0 saturated carbocycles. The van der Waals surface area contributed by atoms with E-state index in [9.17, 15) is 4.79 Å². The smallest absolute Gasteiger partial charge is 0.250 e. The van der Waals surface area contributed by atoms with Gasteiger partial charge in [-0.15, -0.1) is 10.2 Å². The number of carbonyl (C=O) groups excluding carboxylic acids is 1. The third-order valence-corrected chi connectivity index (χ3v) is 4.03. The lowest BCUT2D eigenvalue weighted by Gasteiger charge is -1.98. The van der Waals surface area contributed by atoms with E-state index in [0.717, 1.165) is 22.7 Å². The van der Waals surface area contributed by atoms with Crippen LogP contribution < -0.4 is 5.32 Å². The van der Waals surface area contributed by atoms with E-state index in [-0.39, 0.29) is 5.91 Å². The molecule has 23 heavy (non-hydrogen) atoms. The summed E-state index contributed by atoms with van der Waals surface area (Å²) in [6.07, 6.45) is 7.54. The number of hydrogen-bond donors (Lipinski definition) is 1. The van der Waals surface area contributed by atoms with Crippen LogP contribution in [0.5, 0.6) is 0 Å². The molecule has 0 unspecified atom stereocenters. The first-order valence-electron chi connectivity index (χ1n) is 7.16. The van der Waals surface area contributed by atoms with Crippen molar-refractivity contribution in [2.75, 3.05) is 5.32 Å². The van der Waals surface area contributed by atoms with Gasteiger partial charge in [0.25, 0.3) is 0 Å². The molecule has 0 atom stereocenters. The highest BCUT2D eigenvalue weighted by atomic mass is 32.1. The Balaban J connectivity index is 1.63. The molecule has 1 aromatic carbocycles. The fourth-order valence-electron chi connectivity index (χ4n) is 1.91. The van der Waals surface area contributed by atoms with Crippen molar-refractivity contribution in [1.29, 1.82) is 0 Å². The van der Waals surface area contributed by atoms with Crippen molar-refractivity contribution in [3.63, 3.8) is 0 Å². The largest absolute Gasteiger partial charge is 0.297 e. The first kappa shape index (κ1) is 15.1. The first-order valence-corrected chi connectivity index (χ1v) is 7.98. The lowest BCUT2D eigenvalue weighted by atomic mass is 10.3. The van der Waals surface area contributed by atoms with Crippen LogP contribution in [0, 0.1) is 0 Å². The standard InChI is InChI=1S/C16H15N5OS/c1-2-15-19-20-16(23-15)18-14(22)9-8-12-10-17-21(11-12)13-6-4-3-5-7-13/h3-11H,2H2,1H3,(H,18,20,22). The lowest BCUT2D eigenvalue weighted by molar-refractivity contribution is -0.111. The Labute approximate surface area is 137 Å². The van der Waals surface area contributed by atoms with Crippen molar-refractivity contribution < 1.29 is 4.79 Å². The van der Waals surface area contributed by atoms with E-state index < -0.39 is 0 Å². The second-order valence-corrected chi connectivity index (χ2v) is 5.79. The fraction of sp³-hybridized carbons (Fsp3) is 0.125. The van der Waals surface area contributed by atoms with Gasteiger partial charge < -0.3 is 0 Å². The molecule has 3 rings (SSSR count). The van der Waals surface area contributed by atoms with Crippen LogP contribution in [0.25, 0.3) is 11.8 Å². The molecule has 0 saturated heterocycles. The van der Waals surface area contributed by atoms with Crippen LogP contribution in [0.1, 0.15) is 17.5 Å².